The average Bonchev–Trinajstić information content (AvgIpc) is 2.34. The predicted octanol–water partition coefficient (Wildman–Crippen LogP) is 1.86. The summed E-state index contributed by atoms with van der Waals surface area (Å²) in [5.74, 6) is 0. The van der Waals surface area contributed by atoms with Crippen LogP contribution in [0.15, 0.2) is 0 Å². The highest BCUT2D eigenvalue weighted by molar-refractivity contribution is 4.65. The smallest absolute Gasteiger partial charge is 0.0790 e. The molecular formula is C8H17NO. The second kappa shape index (κ2) is 3.94. The molecule has 0 spiro atoms. The van der Waals surface area contributed by atoms with E-state index in [-0.39, 0.29) is 0 Å². The Bertz CT molecular complexity index is 87.3. The molecule has 0 atom stereocenters. The summed E-state index contributed by atoms with van der Waals surface area (Å²) in [6.07, 6.45) is 5.64. The van der Waals surface area contributed by atoms with Gasteiger partial charge in [0.05, 0.1) is 6.10 Å². The minimum absolute atomic E-state index is 0.445. The number of nitrogens with one attached hydrogen (secondary N) is 1. The van der Waals surface area contributed by atoms with Gasteiger partial charge in [-0.25, -0.2) is 0 Å². The topological polar surface area (TPSA) is 21.3 Å². The van der Waals surface area contributed by atoms with Crippen molar-refractivity contribution in [3.8, 4) is 0 Å². The minimum atomic E-state index is 0.445. The quantitative estimate of drug-likeness (QED) is 0.609. The zero-order valence-electron chi connectivity index (χ0n) is 6.89. The van der Waals surface area contributed by atoms with Crippen LogP contribution >= 0.6 is 0 Å². The Hall–Kier alpha value is -0.0800. The molecule has 0 aliphatic heterocycles. The zero-order valence-corrected chi connectivity index (χ0v) is 6.89. The van der Waals surface area contributed by atoms with Crippen LogP contribution in [-0.4, -0.2) is 12.1 Å². The Morgan fingerprint density at radius 3 is 2.40 bits per heavy atom. The van der Waals surface area contributed by atoms with Crippen LogP contribution < -0.4 is 5.48 Å². The molecule has 0 bridgehead atoms. The summed E-state index contributed by atoms with van der Waals surface area (Å²) in [6.45, 7) is 4.18. The molecule has 2 nitrogen and oxygen atoms in total. The lowest BCUT2D eigenvalue weighted by molar-refractivity contribution is -0.0339. The lowest BCUT2D eigenvalue weighted by atomic mass is 10.3. The van der Waals surface area contributed by atoms with Gasteiger partial charge in [0, 0.05) is 6.04 Å². The highest BCUT2D eigenvalue weighted by Crippen LogP contribution is 2.19. The van der Waals surface area contributed by atoms with E-state index in [2.05, 4.69) is 19.3 Å². The Morgan fingerprint density at radius 2 is 1.90 bits per heavy atom. The van der Waals surface area contributed by atoms with E-state index in [1.807, 2.05) is 0 Å². The molecule has 0 heterocycles. The van der Waals surface area contributed by atoms with Crippen molar-refractivity contribution in [2.45, 2.75) is 51.7 Å². The first kappa shape index (κ1) is 8.02. The first-order valence-electron chi connectivity index (χ1n) is 4.20. The van der Waals surface area contributed by atoms with Crippen LogP contribution in [0.3, 0.4) is 0 Å². The van der Waals surface area contributed by atoms with E-state index in [1.165, 1.54) is 25.7 Å². The fourth-order valence-electron chi connectivity index (χ4n) is 1.24. The van der Waals surface area contributed by atoms with Crippen molar-refractivity contribution in [2.24, 2.45) is 0 Å². The van der Waals surface area contributed by atoms with Gasteiger partial charge >= 0.3 is 0 Å². The fourth-order valence-corrected chi connectivity index (χ4v) is 1.24. The van der Waals surface area contributed by atoms with Crippen molar-refractivity contribution in [2.75, 3.05) is 0 Å². The molecule has 1 aliphatic rings. The summed E-state index contributed by atoms with van der Waals surface area (Å²) in [6, 6.07) is 0.445. The summed E-state index contributed by atoms with van der Waals surface area (Å²) in [5, 5.41) is 0. The number of hydrogen-bond donors (Lipinski definition) is 1. The molecular weight excluding hydrogens is 126 g/mol. The van der Waals surface area contributed by atoms with E-state index >= 15 is 0 Å². The first-order valence-corrected chi connectivity index (χ1v) is 4.20. The van der Waals surface area contributed by atoms with Gasteiger partial charge in [-0.2, -0.15) is 5.48 Å². The molecule has 1 saturated carbocycles. The maximum atomic E-state index is 5.41. The minimum Gasteiger partial charge on any atom is -0.298 e. The van der Waals surface area contributed by atoms with E-state index < -0.39 is 0 Å². The van der Waals surface area contributed by atoms with Crippen molar-refractivity contribution >= 4 is 0 Å². The Morgan fingerprint density at radius 1 is 1.30 bits per heavy atom. The molecule has 0 amide bonds. The van der Waals surface area contributed by atoms with Gasteiger partial charge in [0.1, 0.15) is 0 Å². The Labute approximate surface area is 62.9 Å². The van der Waals surface area contributed by atoms with Crippen LogP contribution in [0, 0.1) is 0 Å². The first-order chi connectivity index (χ1) is 4.79. The predicted molar refractivity (Wildman–Crippen MR) is 41.6 cm³/mol. The Kier molecular flexibility index (Phi) is 3.16. The van der Waals surface area contributed by atoms with Gasteiger partial charge in [0.2, 0.25) is 0 Å². The number of hydroxylamine groups is 1. The van der Waals surface area contributed by atoms with Gasteiger partial charge in [-0.3, -0.25) is 4.84 Å². The molecule has 10 heavy (non-hydrogen) atoms. The lowest BCUT2D eigenvalue weighted by Gasteiger charge is -2.13. The second-order valence-corrected chi connectivity index (χ2v) is 3.30. The molecule has 2 heteroatoms. The highest BCUT2D eigenvalue weighted by atomic mass is 16.7. The zero-order chi connectivity index (χ0) is 7.40. The molecule has 1 N–H and O–H groups in total. The van der Waals surface area contributed by atoms with Crippen LogP contribution in [0.25, 0.3) is 0 Å². The van der Waals surface area contributed by atoms with Gasteiger partial charge in [-0.1, -0.05) is 12.8 Å². The van der Waals surface area contributed by atoms with Crippen molar-refractivity contribution in [1.29, 1.82) is 0 Å². The number of rotatable bonds is 3. The van der Waals surface area contributed by atoms with Crippen LogP contribution in [0.4, 0.5) is 0 Å². The molecule has 1 aliphatic carbocycles. The SMILES string of the molecule is CC(C)NOC1CCCC1. The maximum Gasteiger partial charge on any atom is 0.0790 e. The summed E-state index contributed by atoms with van der Waals surface area (Å²) in [7, 11) is 0. The molecule has 0 radical (unpaired) electrons. The lowest BCUT2D eigenvalue weighted by Crippen LogP contribution is -2.27. The second-order valence-electron chi connectivity index (χ2n) is 3.30. The summed E-state index contributed by atoms with van der Waals surface area (Å²) >= 11 is 0. The standard InChI is InChI=1S/C8H17NO/c1-7(2)9-10-8-5-3-4-6-8/h7-9H,3-6H2,1-2H3. The van der Waals surface area contributed by atoms with Gasteiger partial charge in [0.25, 0.3) is 0 Å². The van der Waals surface area contributed by atoms with Crippen molar-refractivity contribution in [3.05, 3.63) is 0 Å². The summed E-state index contributed by atoms with van der Waals surface area (Å²) in [4.78, 5) is 5.41. The van der Waals surface area contributed by atoms with E-state index in [9.17, 15) is 0 Å². The van der Waals surface area contributed by atoms with Crippen LogP contribution in [0.2, 0.25) is 0 Å². The molecule has 0 aromatic carbocycles. The Balaban J connectivity index is 2.01. The van der Waals surface area contributed by atoms with Gasteiger partial charge in [-0.05, 0) is 26.7 Å². The molecule has 0 unspecified atom stereocenters. The third-order valence-electron chi connectivity index (χ3n) is 1.77. The van der Waals surface area contributed by atoms with Crippen molar-refractivity contribution in [3.63, 3.8) is 0 Å². The highest BCUT2D eigenvalue weighted by Gasteiger charge is 2.15. The van der Waals surface area contributed by atoms with Crippen LogP contribution in [-0.2, 0) is 4.84 Å². The molecule has 1 rings (SSSR count). The third kappa shape index (κ3) is 2.67. The van der Waals surface area contributed by atoms with Crippen LogP contribution in [0.5, 0.6) is 0 Å². The largest absolute Gasteiger partial charge is 0.298 e. The van der Waals surface area contributed by atoms with Gasteiger partial charge < -0.3 is 0 Å². The third-order valence-corrected chi connectivity index (χ3v) is 1.77. The summed E-state index contributed by atoms with van der Waals surface area (Å²) in [5.41, 5.74) is 2.99. The maximum absolute atomic E-state index is 5.41. The van der Waals surface area contributed by atoms with E-state index in [0.29, 0.717) is 12.1 Å². The molecule has 60 valence electrons. The van der Waals surface area contributed by atoms with Gasteiger partial charge in [-0.15, -0.1) is 0 Å². The molecule has 0 saturated heterocycles. The van der Waals surface area contributed by atoms with Crippen molar-refractivity contribution < 1.29 is 4.84 Å². The normalized spacial score (nSPS) is 20.7. The van der Waals surface area contributed by atoms with Crippen molar-refractivity contribution in [1.82, 2.24) is 5.48 Å². The number of hydrogen-bond acceptors (Lipinski definition) is 2. The fraction of sp³-hybridized carbons (Fsp3) is 1.00. The molecule has 0 aromatic rings. The van der Waals surface area contributed by atoms with E-state index in [1.54, 1.807) is 0 Å². The monoisotopic (exact) mass is 143 g/mol. The summed E-state index contributed by atoms with van der Waals surface area (Å²) < 4.78 is 0. The molecule has 0 aromatic heterocycles. The van der Waals surface area contributed by atoms with Crippen LogP contribution in [0.1, 0.15) is 39.5 Å². The van der Waals surface area contributed by atoms with E-state index in [0.717, 1.165) is 0 Å². The molecule has 1 fully saturated rings. The van der Waals surface area contributed by atoms with E-state index in [4.69, 9.17) is 4.84 Å². The van der Waals surface area contributed by atoms with Gasteiger partial charge in [0.15, 0.2) is 0 Å². The average molecular weight is 143 g/mol.